The summed E-state index contributed by atoms with van der Waals surface area (Å²) in [5, 5.41) is 10.2. The molecule has 0 aromatic heterocycles. The van der Waals surface area contributed by atoms with Gasteiger partial charge in [0.25, 0.3) is 0 Å². The molecule has 1 rings (SSSR count). The molecule has 0 aliphatic rings. The molecule has 0 radical (unpaired) electrons. The van der Waals surface area contributed by atoms with Crippen molar-refractivity contribution in [3.05, 3.63) is 29.8 Å². The molecule has 0 saturated heterocycles. The maximum atomic E-state index is 10.2. The Hall–Kier alpha value is -1.02. The lowest BCUT2D eigenvalue weighted by Crippen LogP contribution is -2.13. The van der Waals surface area contributed by atoms with Crippen LogP contribution in [0.1, 0.15) is 52.2 Å². The van der Waals surface area contributed by atoms with E-state index in [9.17, 15) is 5.11 Å². The van der Waals surface area contributed by atoms with Crippen LogP contribution in [-0.4, -0.2) is 12.2 Å². The van der Waals surface area contributed by atoms with Crippen LogP contribution < -0.4 is 4.74 Å². The Labute approximate surface area is 111 Å². The smallest absolute Gasteiger partial charge is 0.118 e. The van der Waals surface area contributed by atoms with Crippen molar-refractivity contribution >= 4 is 0 Å². The molecule has 2 nitrogen and oxygen atoms in total. The van der Waals surface area contributed by atoms with Gasteiger partial charge in [0.05, 0.1) is 13.2 Å². The number of aliphatic hydroxyl groups excluding tert-OH is 1. The van der Waals surface area contributed by atoms with Crippen molar-refractivity contribution in [1.29, 1.82) is 0 Å². The van der Waals surface area contributed by atoms with E-state index in [2.05, 4.69) is 27.7 Å². The molecule has 2 unspecified atom stereocenters. The fourth-order valence-electron chi connectivity index (χ4n) is 2.47. The third-order valence-electron chi connectivity index (χ3n) is 3.09. The summed E-state index contributed by atoms with van der Waals surface area (Å²) in [6, 6.07) is 7.67. The van der Waals surface area contributed by atoms with E-state index in [4.69, 9.17) is 4.74 Å². The number of ether oxygens (including phenoxy) is 1. The summed E-state index contributed by atoms with van der Waals surface area (Å²) in [4.78, 5) is 0. The van der Waals surface area contributed by atoms with E-state index in [0.29, 0.717) is 11.3 Å². The molecule has 102 valence electrons. The topological polar surface area (TPSA) is 29.5 Å². The fraction of sp³-hybridized carbons (Fsp3) is 0.625. The number of hydrogen-bond acceptors (Lipinski definition) is 2. The number of aliphatic hydroxyl groups is 1. The molecule has 0 aliphatic heterocycles. The van der Waals surface area contributed by atoms with Gasteiger partial charge in [-0.3, -0.25) is 0 Å². The minimum Gasteiger partial charge on any atom is -0.497 e. The van der Waals surface area contributed by atoms with Crippen LogP contribution >= 0.6 is 0 Å². The van der Waals surface area contributed by atoms with Crippen LogP contribution in [0.5, 0.6) is 5.75 Å². The molecule has 1 aromatic rings. The summed E-state index contributed by atoms with van der Waals surface area (Å²) in [6.07, 6.45) is 1.55. The summed E-state index contributed by atoms with van der Waals surface area (Å²) < 4.78 is 5.11. The van der Waals surface area contributed by atoms with Gasteiger partial charge in [-0.2, -0.15) is 0 Å². The lowest BCUT2D eigenvalue weighted by molar-refractivity contribution is 0.134. The molecule has 0 saturated carbocycles. The third-order valence-corrected chi connectivity index (χ3v) is 3.09. The highest BCUT2D eigenvalue weighted by molar-refractivity contribution is 5.28. The number of methoxy groups -OCH3 is 1. The maximum absolute atomic E-state index is 10.2. The SMILES string of the molecule is COc1ccc(C(O)CC(C)CC(C)(C)C)cc1. The van der Waals surface area contributed by atoms with E-state index in [1.54, 1.807) is 7.11 Å². The van der Waals surface area contributed by atoms with Crippen molar-refractivity contribution < 1.29 is 9.84 Å². The van der Waals surface area contributed by atoms with Gasteiger partial charge in [-0.25, -0.2) is 0 Å². The van der Waals surface area contributed by atoms with Crippen molar-refractivity contribution in [2.24, 2.45) is 11.3 Å². The minimum atomic E-state index is -0.381. The predicted molar refractivity (Wildman–Crippen MR) is 75.8 cm³/mol. The lowest BCUT2D eigenvalue weighted by Gasteiger charge is -2.25. The quantitative estimate of drug-likeness (QED) is 0.849. The van der Waals surface area contributed by atoms with E-state index in [1.165, 1.54) is 0 Å². The zero-order valence-corrected chi connectivity index (χ0v) is 12.2. The second-order valence-electron chi connectivity index (χ2n) is 6.39. The van der Waals surface area contributed by atoms with Crippen molar-refractivity contribution in [1.82, 2.24) is 0 Å². The van der Waals surface area contributed by atoms with Crippen LogP contribution in [0.15, 0.2) is 24.3 Å². The minimum absolute atomic E-state index is 0.318. The van der Waals surface area contributed by atoms with Gasteiger partial charge in [0.15, 0.2) is 0 Å². The molecule has 1 aromatic carbocycles. The van der Waals surface area contributed by atoms with E-state index < -0.39 is 0 Å². The van der Waals surface area contributed by atoms with E-state index in [1.807, 2.05) is 24.3 Å². The van der Waals surface area contributed by atoms with E-state index >= 15 is 0 Å². The van der Waals surface area contributed by atoms with Crippen molar-refractivity contribution in [3.8, 4) is 5.75 Å². The highest BCUT2D eigenvalue weighted by Gasteiger charge is 2.18. The molecule has 0 bridgehead atoms. The average molecular weight is 250 g/mol. The van der Waals surface area contributed by atoms with E-state index in [0.717, 1.165) is 24.2 Å². The normalized spacial score (nSPS) is 15.2. The molecule has 0 spiro atoms. The Kier molecular flexibility index (Phi) is 5.21. The lowest BCUT2D eigenvalue weighted by atomic mass is 9.82. The first-order valence-corrected chi connectivity index (χ1v) is 6.64. The van der Waals surface area contributed by atoms with Gasteiger partial charge >= 0.3 is 0 Å². The van der Waals surface area contributed by atoms with Gasteiger partial charge in [0.2, 0.25) is 0 Å². The largest absolute Gasteiger partial charge is 0.497 e. The predicted octanol–water partition coefficient (Wildman–Crippen LogP) is 4.19. The Morgan fingerprint density at radius 2 is 1.72 bits per heavy atom. The van der Waals surface area contributed by atoms with Gasteiger partial charge in [0.1, 0.15) is 5.75 Å². The average Bonchev–Trinajstić information content (AvgIpc) is 2.26. The fourth-order valence-corrected chi connectivity index (χ4v) is 2.47. The Morgan fingerprint density at radius 1 is 1.17 bits per heavy atom. The molecular formula is C16H26O2. The molecule has 2 atom stereocenters. The number of hydrogen-bond donors (Lipinski definition) is 1. The summed E-state index contributed by atoms with van der Waals surface area (Å²) in [5.74, 6) is 1.34. The highest BCUT2D eigenvalue weighted by Crippen LogP contribution is 2.30. The van der Waals surface area contributed by atoms with Crippen molar-refractivity contribution in [2.75, 3.05) is 7.11 Å². The molecule has 2 heteroatoms. The number of rotatable bonds is 5. The van der Waals surface area contributed by atoms with Gasteiger partial charge < -0.3 is 9.84 Å². The third kappa shape index (κ3) is 5.09. The Morgan fingerprint density at radius 3 is 2.17 bits per heavy atom. The first-order chi connectivity index (χ1) is 8.31. The van der Waals surface area contributed by atoms with Crippen LogP contribution in [0.25, 0.3) is 0 Å². The Balaban J connectivity index is 2.56. The highest BCUT2D eigenvalue weighted by atomic mass is 16.5. The summed E-state index contributed by atoms with van der Waals surface area (Å²) in [6.45, 7) is 8.92. The summed E-state index contributed by atoms with van der Waals surface area (Å²) in [7, 11) is 1.65. The van der Waals surface area contributed by atoms with Crippen molar-refractivity contribution in [2.45, 2.75) is 46.6 Å². The first-order valence-electron chi connectivity index (χ1n) is 6.64. The molecule has 18 heavy (non-hydrogen) atoms. The van der Waals surface area contributed by atoms with Gasteiger partial charge in [-0.15, -0.1) is 0 Å². The zero-order chi connectivity index (χ0) is 13.8. The standard InChI is InChI=1S/C16H26O2/c1-12(11-16(2,3)4)10-15(17)13-6-8-14(18-5)9-7-13/h6-9,12,15,17H,10-11H2,1-5H3. The molecule has 0 aliphatic carbocycles. The van der Waals surface area contributed by atoms with Gasteiger partial charge in [-0.05, 0) is 41.9 Å². The van der Waals surface area contributed by atoms with Crippen LogP contribution in [0, 0.1) is 11.3 Å². The first kappa shape index (κ1) is 15.0. The van der Waals surface area contributed by atoms with Gasteiger partial charge in [0, 0.05) is 0 Å². The molecule has 0 fully saturated rings. The Bertz CT molecular complexity index is 348. The van der Waals surface area contributed by atoms with Crippen molar-refractivity contribution in [3.63, 3.8) is 0 Å². The van der Waals surface area contributed by atoms with Crippen LogP contribution in [-0.2, 0) is 0 Å². The summed E-state index contributed by atoms with van der Waals surface area (Å²) >= 11 is 0. The van der Waals surface area contributed by atoms with Gasteiger partial charge in [-0.1, -0.05) is 39.8 Å². The van der Waals surface area contributed by atoms with E-state index in [-0.39, 0.29) is 6.10 Å². The molecule has 0 amide bonds. The number of benzene rings is 1. The molecular weight excluding hydrogens is 224 g/mol. The zero-order valence-electron chi connectivity index (χ0n) is 12.2. The van der Waals surface area contributed by atoms with Crippen LogP contribution in [0.4, 0.5) is 0 Å². The second kappa shape index (κ2) is 6.24. The van der Waals surface area contributed by atoms with Crippen LogP contribution in [0.2, 0.25) is 0 Å². The molecule has 0 heterocycles. The monoisotopic (exact) mass is 250 g/mol. The maximum Gasteiger partial charge on any atom is 0.118 e. The second-order valence-corrected chi connectivity index (χ2v) is 6.39. The van der Waals surface area contributed by atoms with Crippen LogP contribution in [0.3, 0.4) is 0 Å². The molecule has 1 N–H and O–H groups in total. The summed E-state index contributed by atoms with van der Waals surface area (Å²) in [5.41, 5.74) is 1.29.